The van der Waals surface area contributed by atoms with Gasteiger partial charge in [0.05, 0.1) is 5.52 Å². The number of nitrogens with one attached hydrogen (secondary N) is 1. The Hall–Kier alpha value is -3.71. The molecule has 2 aromatic heterocycles. The van der Waals surface area contributed by atoms with Gasteiger partial charge in [0.1, 0.15) is 34.4 Å². The Morgan fingerprint density at radius 2 is 2.06 bits per heavy atom. The van der Waals surface area contributed by atoms with Crippen molar-refractivity contribution < 1.29 is 17.9 Å². The van der Waals surface area contributed by atoms with E-state index in [0.29, 0.717) is 35.1 Å². The SMILES string of the molecule is Cn1c(=O)c(C(=O)NCc2ccc(C#N)nc2)cc2cccc(OCC3(S(C)(=O)=O)CC3)c21. The summed E-state index contributed by atoms with van der Waals surface area (Å²) in [5.41, 5.74) is 0.919. The third kappa shape index (κ3) is 4.32. The van der Waals surface area contributed by atoms with Crippen molar-refractivity contribution in [2.45, 2.75) is 24.1 Å². The van der Waals surface area contributed by atoms with Crippen molar-refractivity contribution in [1.82, 2.24) is 14.9 Å². The van der Waals surface area contributed by atoms with E-state index in [1.807, 2.05) is 6.07 Å². The number of aryl methyl sites for hydroxylation is 1. The van der Waals surface area contributed by atoms with Gasteiger partial charge in [0.2, 0.25) is 0 Å². The lowest BCUT2D eigenvalue weighted by Crippen LogP contribution is -2.32. The highest BCUT2D eigenvalue weighted by molar-refractivity contribution is 7.92. The maximum atomic E-state index is 12.9. The Balaban J connectivity index is 1.58. The molecule has 10 heteroatoms. The topological polar surface area (TPSA) is 131 Å². The zero-order valence-electron chi connectivity index (χ0n) is 18.2. The van der Waals surface area contributed by atoms with E-state index >= 15 is 0 Å². The molecule has 2 heterocycles. The number of aromatic nitrogens is 2. The van der Waals surface area contributed by atoms with Gasteiger partial charge in [-0.15, -0.1) is 0 Å². The average molecular weight is 467 g/mol. The van der Waals surface area contributed by atoms with Crippen LogP contribution in [0, 0.1) is 11.3 Å². The molecule has 1 N–H and O–H groups in total. The largest absolute Gasteiger partial charge is 0.490 e. The van der Waals surface area contributed by atoms with Crippen LogP contribution in [0.4, 0.5) is 0 Å². The number of carbonyl (C=O) groups is 1. The first-order valence-electron chi connectivity index (χ1n) is 10.2. The number of carbonyl (C=O) groups excluding carboxylic acids is 1. The lowest BCUT2D eigenvalue weighted by molar-refractivity contribution is 0.0949. The molecule has 0 radical (unpaired) electrons. The lowest BCUT2D eigenvalue weighted by atomic mass is 10.1. The normalized spacial score (nSPS) is 14.5. The first-order valence-corrected chi connectivity index (χ1v) is 12.1. The minimum absolute atomic E-state index is 0.0139. The Kier molecular flexibility index (Phi) is 5.68. The molecule has 0 spiro atoms. The summed E-state index contributed by atoms with van der Waals surface area (Å²) in [5, 5.41) is 12.1. The summed E-state index contributed by atoms with van der Waals surface area (Å²) in [5.74, 6) is -0.153. The summed E-state index contributed by atoms with van der Waals surface area (Å²) in [6.07, 6.45) is 3.80. The van der Waals surface area contributed by atoms with Gasteiger partial charge in [0, 0.05) is 31.4 Å². The Morgan fingerprint density at radius 1 is 1.30 bits per heavy atom. The van der Waals surface area contributed by atoms with Crippen molar-refractivity contribution in [2.75, 3.05) is 12.9 Å². The summed E-state index contributed by atoms with van der Waals surface area (Å²) < 4.78 is 30.4. The van der Waals surface area contributed by atoms with E-state index in [1.54, 1.807) is 37.4 Å². The molecule has 1 amide bonds. The molecule has 0 saturated heterocycles. The number of amides is 1. The summed E-state index contributed by atoms with van der Waals surface area (Å²) in [4.78, 5) is 29.6. The smallest absolute Gasteiger partial charge is 0.263 e. The molecule has 1 aliphatic carbocycles. The van der Waals surface area contributed by atoms with Gasteiger partial charge < -0.3 is 14.6 Å². The first-order chi connectivity index (χ1) is 15.6. The maximum absolute atomic E-state index is 12.9. The molecule has 3 aromatic rings. The van der Waals surface area contributed by atoms with Crippen LogP contribution in [0.2, 0.25) is 0 Å². The predicted molar refractivity (Wildman–Crippen MR) is 122 cm³/mol. The van der Waals surface area contributed by atoms with Crippen LogP contribution in [0.25, 0.3) is 10.9 Å². The maximum Gasteiger partial charge on any atom is 0.263 e. The lowest BCUT2D eigenvalue weighted by Gasteiger charge is -2.17. The molecule has 0 aliphatic heterocycles. The van der Waals surface area contributed by atoms with E-state index in [1.165, 1.54) is 23.1 Å². The second-order valence-corrected chi connectivity index (χ2v) is 10.6. The number of sulfone groups is 1. The number of nitriles is 1. The zero-order valence-corrected chi connectivity index (χ0v) is 19.0. The quantitative estimate of drug-likeness (QED) is 0.560. The van der Waals surface area contributed by atoms with Crippen LogP contribution in [-0.2, 0) is 23.4 Å². The highest BCUT2D eigenvalue weighted by Gasteiger charge is 2.53. The molecule has 170 valence electrons. The summed E-state index contributed by atoms with van der Waals surface area (Å²) >= 11 is 0. The third-order valence-corrected chi connectivity index (χ3v) is 8.02. The number of hydrogen-bond donors (Lipinski definition) is 1. The fourth-order valence-electron chi connectivity index (χ4n) is 3.64. The zero-order chi connectivity index (χ0) is 23.8. The average Bonchev–Trinajstić information content (AvgIpc) is 3.60. The summed E-state index contributed by atoms with van der Waals surface area (Å²) in [6, 6.07) is 11.8. The molecular formula is C23H22N4O5S. The van der Waals surface area contributed by atoms with Gasteiger partial charge in [-0.25, -0.2) is 13.4 Å². The minimum Gasteiger partial charge on any atom is -0.490 e. The molecule has 0 unspecified atom stereocenters. The van der Waals surface area contributed by atoms with Gasteiger partial charge in [0.25, 0.3) is 11.5 Å². The van der Waals surface area contributed by atoms with Gasteiger partial charge in [0.15, 0.2) is 9.84 Å². The standard InChI is InChI=1S/C23H22N4O5S/c1-27-20-16(4-3-5-19(20)32-14-23(8-9-23)33(2,30)31)10-18(22(27)29)21(28)26-13-15-6-7-17(11-24)25-12-15/h3-7,10,12H,8-9,13-14H2,1-2H3,(H,26,28). The van der Waals surface area contributed by atoms with Crippen LogP contribution in [0.5, 0.6) is 5.75 Å². The van der Waals surface area contributed by atoms with Crippen LogP contribution in [-0.4, -0.2) is 41.5 Å². The van der Waals surface area contributed by atoms with Crippen molar-refractivity contribution >= 4 is 26.6 Å². The molecule has 1 saturated carbocycles. The van der Waals surface area contributed by atoms with Crippen LogP contribution in [0.1, 0.15) is 34.5 Å². The molecule has 1 aromatic carbocycles. The number of benzene rings is 1. The van der Waals surface area contributed by atoms with Gasteiger partial charge in [-0.2, -0.15) is 5.26 Å². The Bertz CT molecular complexity index is 1450. The van der Waals surface area contributed by atoms with E-state index in [4.69, 9.17) is 10.00 Å². The summed E-state index contributed by atoms with van der Waals surface area (Å²) in [7, 11) is -1.71. The number of pyridine rings is 2. The van der Waals surface area contributed by atoms with E-state index in [2.05, 4.69) is 10.3 Å². The molecule has 4 rings (SSSR count). The molecule has 1 fully saturated rings. The van der Waals surface area contributed by atoms with Crippen molar-refractivity contribution in [3.63, 3.8) is 0 Å². The van der Waals surface area contributed by atoms with Gasteiger partial charge in [-0.1, -0.05) is 18.2 Å². The van der Waals surface area contributed by atoms with Gasteiger partial charge in [-0.05, 0) is 36.6 Å². The number of para-hydroxylation sites is 1. The van der Waals surface area contributed by atoms with Gasteiger partial charge >= 0.3 is 0 Å². The molecule has 9 nitrogen and oxygen atoms in total. The molecule has 33 heavy (non-hydrogen) atoms. The van der Waals surface area contributed by atoms with Gasteiger partial charge in [-0.3, -0.25) is 9.59 Å². The van der Waals surface area contributed by atoms with Crippen LogP contribution in [0.3, 0.4) is 0 Å². The Morgan fingerprint density at radius 3 is 2.67 bits per heavy atom. The van der Waals surface area contributed by atoms with Crippen molar-refractivity contribution in [3.8, 4) is 11.8 Å². The van der Waals surface area contributed by atoms with E-state index in [-0.39, 0.29) is 24.4 Å². The number of fused-ring (bicyclic) bond motifs is 1. The first kappa shape index (κ1) is 22.5. The van der Waals surface area contributed by atoms with Crippen LogP contribution < -0.4 is 15.6 Å². The van der Waals surface area contributed by atoms with E-state index in [9.17, 15) is 18.0 Å². The van der Waals surface area contributed by atoms with E-state index in [0.717, 1.165) is 0 Å². The van der Waals surface area contributed by atoms with Crippen molar-refractivity contribution in [3.05, 3.63) is 69.8 Å². The minimum atomic E-state index is -3.25. The van der Waals surface area contributed by atoms with E-state index < -0.39 is 26.1 Å². The molecular weight excluding hydrogens is 444 g/mol. The molecule has 0 bridgehead atoms. The van der Waals surface area contributed by atoms with Crippen molar-refractivity contribution in [2.24, 2.45) is 7.05 Å². The fourth-order valence-corrected chi connectivity index (χ4v) is 4.75. The highest BCUT2D eigenvalue weighted by atomic mass is 32.2. The van der Waals surface area contributed by atoms with Crippen LogP contribution in [0.15, 0.2) is 47.4 Å². The second kappa shape index (κ2) is 8.33. The Labute approximate surface area is 190 Å². The monoisotopic (exact) mass is 466 g/mol. The number of nitrogens with zero attached hydrogens (tertiary/aromatic N) is 3. The summed E-state index contributed by atoms with van der Waals surface area (Å²) in [6.45, 7) is 0.162. The van der Waals surface area contributed by atoms with Crippen LogP contribution >= 0.6 is 0 Å². The van der Waals surface area contributed by atoms with Crippen molar-refractivity contribution in [1.29, 1.82) is 5.26 Å². The molecule has 0 atom stereocenters. The molecule has 1 aliphatic rings. The fraction of sp³-hybridized carbons (Fsp3) is 0.304. The third-order valence-electron chi connectivity index (χ3n) is 5.92. The highest BCUT2D eigenvalue weighted by Crippen LogP contribution is 2.43. The number of ether oxygens (including phenoxy) is 1. The number of rotatable bonds is 7. The second-order valence-electron chi connectivity index (χ2n) is 8.21. The number of hydrogen-bond acceptors (Lipinski definition) is 7. The predicted octanol–water partition coefficient (Wildman–Crippen LogP) is 1.69.